The summed E-state index contributed by atoms with van der Waals surface area (Å²) in [6.07, 6.45) is 3.18. The SMILES string of the molecule is CC(C)S(=O)(=O)CCOC1CCC(=NO)CC1. The molecule has 1 rings (SSSR count). The average Bonchev–Trinajstić information content (AvgIpc) is 2.29. The normalized spacial score (nSPS) is 21.8. The largest absolute Gasteiger partial charge is 0.411 e. The number of hydrogen-bond acceptors (Lipinski definition) is 5. The average molecular weight is 263 g/mol. The van der Waals surface area contributed by atoms with Crippen molar-refractivity contribution in [2.75, 3.05) is 12.4 Å². The lowest BCUT2D eigenvalue weighted by Gasteiger charge is -2.22. The van der Waals surface area contributed by atoms with E-state index in [0.29, 0.717) is 0 Å². The van der Waals surface area contributed by atoms with Crippen LogP contribution < -0.4 is 0 Å². The molecule has 1 N–H and O–H groups in total. The number of ether oxygens (including phenoxy) is 1. The molecule has 1 aliphatic rings. The number of oxime groups is 1. The maximum Gasteiger partial charge on any atom is 0.154 e. The van der Waals surface area contributed by atoms with Gasteiger partial charge in [0.05, 0.1) is 29.4 Å². The third-order valence-corrected chi connectivity index (χ3v) is 5.26. The minimum Gasteiger partial charge on any atom is -0.411 e. The van der Waals surface area contributed by atoms with Gasteiger partial charge in [0, 0.05) is 0 Å². The second-order valence-corrected chi connectivity index (χ2v) is 7.33. The van der Waals surface area contributed by atoms with Crippen LogP contribution in [0.4, 0.5) is 0 Å². The zero-order valence-corrected chi connectivity index (χ0v) is 11.2. The predicted octanol–water partition coefficient (Wildman–Crippen LogP) is 1.60. The summed E-state index contributed by atoms with van der Waals surface area (Å²) in [6.45, 7) is 3.62. The molecule has 0 aliphatic heterocycles. The molecule has 0 saturated heterocycles. The van der Waals surface area contributed by atoms with E-state index in [1.165, 1.54) is 0 Å². The molecule has 0 spiro atoms. The van der Waals surface area contributed by atoms with Crippen molar-refractivity contribution in [3.05, 3.63) is 0 Å². The summed E-state index contributed by atoms with van der Waals surface area (Å²) in [5.74, 6) is 0.0854. The molecule has 0 aromatic rings. The van der Waals surface area contributed by atoms with Crippen molar-refractivity contribution in [1.82, 2.24) is 0 Å². The summed E-state index contributed by atoms with van der Waals surface area (Å²) in [7, 11) is -3.00. The van der Waals surface area contributed by atoms with Gasteiger partial charge in [0.25, 0.3) is 0 Å². The fraction of sp³-hybridized carbons (Fsp3) is 0.909. The van der Waals surface area contributed by atoms with Crippen LogP contribution >= 0.6 is 0 Å². The smallest absolute Gasteiger partial charge is 0.154 e. The minimum absolute atomic E-state index is 0.0854. The van der Waals surface area contributed by atoms with E-state index >= 15 is 0 Å². The molecule has 17 heavy (non-hydrogen) atoms. The second-order valence-electron chi connectivity index (χ2n) is 4.65. The van der Waals surface area contributed by atoms with Crippen LogP contribution in [0, 0.1) is 0 Å². The van der Waals surface area contributed by atoms with Crippen molar-refractivity contribution in [2.24, 2.45) is 5.16 Å². The van der Waals surface area contributed by atoms with Crippen LogP contribution in [0.3, 0.4) is 0 Å². The Kier molecular flexibility index (Phi) is 5.39. The molecule has 1 fully saturated rings. The van der Waals surface area contributed by atoms with Gasteiger partial charge in [-0.2, -0.15) is 0 Å². The van der Waals surface area contributed by atoms with Crippen molar-refractivity contribution >= 4 is 15.5 Å². The molecular weight excluding hydrogens is 242 g/mol. The fourth-order valence-electron chi connectivity index (χ4n) is 1.76. The van der Waals surface area contributed by atoms with Crippen LogP contribution in [0.5, 0.6) is 0 Å². The van der Waals surface area contributed by atoms with Crippen LogP contribution in [0.25, 0.3) is 0 Å². The summed E-state index contributed by atoms with van der Waals surface area (Å²) in [5.41, 5.74) is 0.805. The zero-order chi connectivity index (χ0) is 12.9. The summed E-state index contributed by atoms with van der Waals surface area (Å²) >= 11 is 0. The van der Waals surface area contributed by atoms with Crippen molar-refractivity contribution in [3.8, 4) is 0 Å². The van der Waals surface area contributed by atoms with Crippen molar-refractivity contribution in [1.29, 1.82) is 0 Å². The number of rotatable bonds is 5. The Bertz CT molecular complexity index is 352. The van der Waals surface area contributed by atoms with Crippen molar-refractivity contribution in [2.45, 2.75) is 50.9 Å². The van der Waals surface area contributed by atoms with Gasteiger partial charge in [-0.1, -0.05) is 5.16 Å². The Labute approximate surface area is 103 Å². The van der Waals surface area contributed by atoms with E-state index in [0.717, 1.165) is 31.4 Å². The van der Waals surface area contributed by atoms with Gasteiger partial charge in [-0.05, 0) is 39.5 Å². The lowest BCUT2D eigenvalue weighted by molar-refractivity contribution is 0.0499. The minimum atomic E-state index is -3.00. The van der Waals surface area contributed by atoms with Crippen LogP contribution in [-0.4, -0.2) is 43.1 Å². The Balaban J connectivity index is 2.25. The molecule has 1 aliphatic carbocycles. The Morgan fingerprint density at radius 1 is 1.41 bits per heavy atom. The first kappa shape index (κ1) is 14.4. The van der Waals surface area contributed by atoms with Crippen molar-refractivity contribution < 1.29 is 18.4 Å². The van der Waals surface area contributed by atoms with Gasteiger partial charge in [-0.15, -0.1) is 0 Å². The molecule has 6 heteroatoms. The quantitative estimate of drug-likeness (QED) is 0.604. The molecule has 1 saturated carbocycles. The fourth-order valence-corrected chi connectivity index (χ4v) is 2.56. The molecule has 0 amide bonds. The first-order chi connectivity index (χ1) is 7.95. The highest BCUT2D eigenvalue weighted by Gasteiger charge is 2.20. The van der Waals surface area contributed by atoms with Crippen LogP contribution in [0.1, 0.15) is 39.5 Å². The van der Waals surface area contributed by atoms with Gasteiger partial charge in [0.1, 0.15) is 0 Å². The van der Waals surface area contributed by atoms with E-state index in [2.05, 4.69) is 5.16 Å². The summed E-state index contributed by atoms with van der Waals surface area (Å²) < 4.78 is 28.6. The first-order valence-corrected chi connectivity index (χ1v) is 7.70. The lowest BCUT2D eigenvalue weighted by Crippen LogP contribution is -2.26. The molecule has 0 heterocycles. The molecule has 0 aromatic carbocycles. The molecule has 0 bridgehead atoms. The topological polar surface area (TPSA) is 76.0 Å². The Hall–Kier alpha value is -0.620. The van der Waals surface area contributed by atoms with Gasteiger partial charge in [-0.25, -0.2) is 8.42 Å². The summed E-state index contributed by atoms with van der Waals surface area (Å²) in [5, 5.41) is 11.4. The lowest BCUT2D eigenvalue weighted by atomic mass is 9.96. The van der Waals surface area contributed by atoms with E-state index in [-0.39, 0.29) is 23.7 Å². The maximum absolute atomic E-state index is 11.5. The summed E-state index contributed by atoms with van der Waals surface area (Å²) in [4.78, 5) is 0. The zero-order valence-electron chi connectivity index (χ0n) is 10.4. The predicted molar refractivity (Wildman–Crippen MR) is 66.4 cm³/mol. The highest BCUT2D eigenvalue weighted by molar-refractivity contribution is 7.91. The molecule has 0 aromatic heterocycles. The number of nitrogens with zero attached hydrogens (tertiary/aromatic N) is 1. The summed E-state index contributed by atoms with van der Waals surface area (Å²) in [6, 6.07) is 0. The van der Waals surface area contributed by atoms with E-state index in [1.807, 2.05) is 0 Å². The van der Waals surface area contributed by atoms with E-state index in [4.69, 9.17) is 9.94 Å². The molecule has 100 valence electrons. The molecule has 0 unspecified atom stereocenters. The van der Waals surface area contributed by atoms with E-state index in [1.54, 1.807) is 13.8 Å². The highest BCUT2D eigenvalue weighted by Crippen LogP contribution is 2.19. The molecule has 5 nitrogen and oxygen atoms in total. The van der Waals surface area contributed by atoms with Gasteiger partial charge >= 0.3 is 0 Å². The van der Waals surface area contributed by atoms with Gasteiger partial charge < -0.3 is 9.94 Å². The van der Waals surface area contributed by atoms with Crippen LogP contribution in [0.2, 0.25) is 0 Å². The second kappa shape index (κ2) is 6.35. The van der Waals surface area contributed by atoms with Crippen LogP contribution in [0.15, 0.2) is 5.16 Å². The molecule has 0 atom stereocenters. The monoisotopic (exact) mass is 263 g/mol. The third kappa shape index (κ3) is 4.63. The van der Waals surface area contributed by atoms with Gasteiger partial charge in [0.2, 0.25) is 0 Å². The molecular formula is C11H21NO4S. The third-order valence-electron chi connectivity index (χ3n) is 3.09. The van der Waals surface area contributed by atoms with E-state index in [9.17, 15) is 8.42 Å². The van der Waals surface area contributed by atoms with Gasteiger partial charge in [-0.3, -0.25) is 0 Å². The molecule has 0 radical (unpaired) electrons. The standard InChI is InChI=1S/C11H21NO4S/c1-9(2)17(14,15)8-7-16-11-5-3-10(12-13)4-6-11/h9,11,13H,3-8H2,1-2H3. The van der Waals surface area contributed by atoms with E-state index < -0.39 is 9.84 Å². The maximum atomic E-state index is 11.5. The van der Waals surface area contributed by atoms with Crippen molar-refractivity contribution in [3.63, 3.8) is 0 Å². The van der Waals surface area contributed by atoms with Gasteiger partial charge in [0.15, 0.2) is 9.84 Å². The Morgan fingerprint density at radius 3 is 2.47 bits per heavy atom. The highest BCUT2D eigenvalue weighted by atomic mass is 32.2. The Morgan fingerprint density at radius 2 is 2.00 bits per heavy atom. The van der Waals surface area contributed by atoms with Crippen LogP contribution in [-0.2, 0) is 14.6 Å². The number of hydrogen-bond donors (Lipinski definition) is 1. The number of sulfone groups is 1. The first-order valence-electron chi connectivity index (χ1n) is 5.98.